The molecule has 0 atom stereocenters. The van der Waals surface area contributed by atoms with Crippen LogP contribution in [0.5, 0.6) is 0 Å². The minimum absolute atomic E-state index is 0.123. The summed E-state index contributed by atoms with van der Waals surface area (Å²) >= 11 is 1.47. The van der Waals surface area contributed by atoms with Crippen LogP contribution in [0.25, 0.3) is 10.6 Å². The predicted molar refractivity (Wildman–Crippen MR) is 85.1 cm³/mol. The molecule has 2 rings (SSSR count). The van der Waals surface area contributed by atoms with Gasteiger partial charge < -0.3 is 5.32 Å². The Hall–Kier alpha value is -2.19. The molecule has 0 aliphatic carbocycles. The van der Waals surface area contributed by atoms with Crippen molar-refractivity contribution in [2.24, 2.45) is 0 Å². The van der Waals surface area contributed by atoms with Crippen LogP contribution < -0.4 is 5.32 Å². The number of anilines is 1. The highest BCUT2D eigenvalue weighted by Crippen LogP contribution is 2.29. The Kier molecular flexibility index (Phi) is 4.39. The number of thiazole rings is 1. The van der Waals surface area contributed by atoms with Crippen molar-refractivity contribution in [2.75, 3.05) is 5.32 Å². The number of carbonyl (C=O) groups is 1. The molecule has 1 N–H and O–H groups in total. The number of nitrogens with one attached hydrogen (secondary N) is 1. The van der Waals surface area contributed by atoms with E-state index >= 15 is 0 Å². The molecule has 0 unspecified atom stereocenters. The quantitative estimate of drug-likeness (QED) is 0.933. The van der Waals surface area contributed by atoms with Gasteiger partial charge in [0.2, 0.25) is 5.91 Å². The van der Waals surface area contributed by atoms with Gasteiger partial charge in [-0.05, 0) is 11.0 Å². The maximum Gasteiger partial charge on any atom is 0.239 e. The van der Waals surface area contributed by atoms with Crippen LogP contribution in [0, 0.1) is 11.3 Å². The lowest BCUT2D eigenvalue weighted by Crippen LogP contribution is -2.10. The molecular formula is C16H17N3OS. The first kappa shape index (κ1) is 15.2. The molecule has 21 heavy (non-hydrogen) atoms. The van der Waals surface area contributed by atoms with Crippen LogP contribution in [-0.4, -0.2) is 10.9 Å². The Morgan fingerprint density at radius 1 is 1.33 bits per heavy atom. The van der Waals surface area contributed by atoms with Gasteiger partial charge in [0.05, 0.1) is 6.07 Å². The van der Waals surface area contributed by atoms with Crippen molar-refractivity contribution < 1.29 is 4.79 Å². The highest BCUT2D eigenvalue weighted by atomic mass is 32.1. The van der Waals surface area contributed by atoms with Crippen LogP contribution in [0.2, 0.25) is 0 Å². The normalized spacial score (nSPS) is 11.0. The largest absolute Gasteiger partial charge is 0.309 e. The number of hydrogen-bond acceptors (Lipinski definition) is 4. The number of hydrogen-bond donors (Lipinski definition) is 1. The van der Waals surface area contributed by atoms with Crippen molar-refractivity contribution >= 4 is 23.1 Å². The van der Waals surface area contributed by atoms with Crippen molar-refractivity contribution in [1.82, 2.24) is 4.98 Å². The lowest BCUT2D eigenvalue weighted by molar-refractivity contribution is -0.115. The van der Waals surface area contributed by atoms with Crippen LogP contribution in [0.3, 0.4) is 0 Å². The molecular weight excluding hydrogens is 282 g/mol. The summed E-state index contributed by atoms with van der Waals surface area (Å²) in [6.45, 7) is 6.52. The summed E-state index contributed by atoms with van der Waals surface area (Å²) in [6, 6.07) is 10.1. The molecule has 108 valence electrons. The fourth-order valence-electron chi connectivity index (χ4n) is 1.84. The van der Waals surface area contributed by atoms with Gasteiger partial charge in [0, 0.05) is 10.9 Å². The zero-order chi connectivity index (χ0) is 15.5. The second-order valence-corrected chi connectivity index (χ2v) is 6.61. The third kappa shape index (κ3) is 3.89. The maximum absolute atomic E-state index is 11.3. The Bertz CT molecular complexity index is 675. The summed E-state index contributed by atoms with van der Waals surface area (Å²) in [6.07, 6.45) is -0.160. The van der Waals surface area contributed by atoms with E-state index in [-0.39, 0.29) is 17.7 Å². The van der Waals surface area contributed by atoms with Crippen LogP contribution in [0.15, 0.2) is 29.6 Å². The van der Waals surface area contributed by atoms with Gasteiger partial charge >= 0.3 is 0 Å². The summed E-state index contributed by atoms with van der Waals surface area (Å²) in [7, 11) is 0. The average Bonchev–Trinajstić information content (AvgIpc) is 2.86. The molecule has 1 amide bonds. The lowest BCUT2D eigenvalue weighted by Gasteiger charge is -2.18. The van der Waals surface area contributed by atoms with Gasteiger partial charge in [-0.25, -0.2) is 4.98 Å². The number of nitrogens with zero attached hydrogens (tertiary/aromatic N) is 2. The molecule has 0 spiro atoms. The predicted octanol–water partition coefficient (Wildman–Crippen LogP) is 3.96. The Labute approximate surface area is 128 Å². The number of rotatable bonds is 3. The molecule has 4 nitrogen and oxygen atoms in total. The molecule has 0 bridgehead atoms. The molecule has 1 aromatic carbocycles. The van der Waals surface area contributed by atoms with E-state index in [4.69, 9.17) is 5.26 Å². The highest BCUT2D eigenvalue weighted by molar-refractivity contribution is 7.13. The summed E-state index contributed by atoms with van der Waals surface area (Å²) < 4.78 is 0. The molecule has 2 aromatic rings. The number of carbonyl (C=O) groups excluding carboxylic acids is 1. The summed E-state index contributed by atoms with van der Waals surface area (Å²) in [4.78, 5) is 15.7. The van der Waals surface area contributed by atoms with E-state index in [2.05, 4.69) is 43.2 Å². The SMILES string of the molecule is CC(C)(C)c1ccc(-c2nc(NC(=O)CC#N)cs2)cc1. The van der Waals surface area contributed by atoms with E-state index in [9.17, 15) is 4.79 Å². The minimum atomic E-state index is -0.336. The number of benzene rings is 1. The lowest BCUT2D eigenvalue weighted by atomic mass is 9.87. The van der Waals surface area contributed by atoms with Crippen LogP contribution >= 0.6 is 11.3 Å². The van der Waals surface area contributed by atoms with E-state index in [1.165, 1.54) is 16.9 Å². The Morgan fingerprint density at radius 2 is 2.00 bits per heavy atom. The zero-order valence-corrected chi connectivity index (χ0v) is 13.1. The Morgan fingerprint density at radius 3 is 2.57 bits per heavy atom. The molecule has 0 saturated heterocycles. The smallest absolute Gasteiger partial charge is 0.239 e. The third-order valence-corrected chi connectivity index (χ3v) is 3.90. The van der Waals surface area contributed by atoms with Crippen LogP contribution in [0.4, 0.5) is 5.82 Å². The molecule has 5 heteroatoms. The second-order valence-electron chi connectivity index (χ2n) is 5.75. The van der Waals surface area contributed by atoms with Crippen molar-refractivity contribution in [3.8, 4) is 16.6 Å². The fourth-order valence-corrected chi connectivity index (χ4v) is 2.59. The molecule has 0 radical (unpaired) electrons. The summed E-state index contributed by atoms with van der Waals surface area (Å²) in [5.74, 6) is 0.160. The standard InChI is InChI=1S/C16H17N3OS/c1-16(2,3)12-6-4-11(5-7-12)15-19-13(10-21-15)18-14(20)8-9-17/h4-7,10H,8H2,1-3H3,(H,18,20). The molecule has 0 aliphatic rings. The van der Waals surface area contributed by atoms with Gasteiger partial charge in [0.15, 0.2) is 0 Å². The molecule has 0 aliphatic heterocycles. The van der Waals surface area contributed by atoms with E-state index in [1.807, 2.05) is 18.2 Å². The summed E-state index contributed by atoms with van der Waals surface area (Å²) in [5, 5.41) is 13.7. The van der Waals surface area contributed by atoms with Crippen molar-refractivity contribution in [2.45, 2.75) is 32.6 Å². The van der Waals surface area contributed by atoms with E-state index in [0.29, 0.717) is 5.82 Å². The van der Waals surface area contributed by atoms with Crippen LogP contribution in [0.1, 0.15) is 32.8 Å². The van der Waals surface area contributed by atoms with Crippen LogP contribution in [-0.2, 0) is 10.2 Å². The first-order valence-corrected chi connectivity index (χ1v) is 7.51. The maximum atomic E-state index is 11.3. The monoisotopic (exact) mass is 299 g/mol. The van der Waals surface area contributed by atoms with E-state index in [0.717, 1.165) is 10.6 Å². The average molecular weight is 299 g/mol. The van der Waals surface area contributed by atoms with Gasteiger partial charge in [-0.1, -0.05) is 45.0 Å². The van der Waals surface area contributed by atoms with Gasteiger partial charge in [-0.3, -0.25) is 4.79 Å². The molecule has 0 saturated carbocycles. The number of nitriles is 1. The van der Waals surface area contributed by atoms with Crippen molar-refractivity contribution in [1.29, 1.82) is 5.26 Å². The zero-order valence-electron chi connectivity index (χ0n) is 12.3. The van der Waals surface area contributed by atoms with Gasteiger partial charge in [0.25, 0.3) is 0 Å². The van der Waals surface area contributed by atoms with Crippen molar-refractivity contribution in [3.05, 3.63) is 35.2 Å². The number of amides is 1. The first-order chi connectivity index (χ1) is 9.90. The second kappa shape index (κ2) is 6.06. The fraction of sp³-hybridized carbons (Fsp3) is 0.312. The minimum Gasteiger partial charge on any atom is -0.309 e. The van der Waals surface area contributed by atoms with Gasteiger partial charge in [0.1, 0.15) is 17.2 Å². The third-order valence-electron chi connectivity index (χ3n) is 3.01. The first-order valence-electron chi connectivity index (χ1n) is 6.63. The topological polar surface area (TPSA) is 65.8 Å². The molecule has 0 fully saturated rings. The van der Waals surface area contributed by atoms with Crippen molar-refractivity contribution in [3.63, 3.8) is 0 Å². The highest BCUT2D eigenvalue weighted by Gasteiger charge is 2.14. The Balaban J connectivity index is 2.15. The molecule has 1 heterocycles. The van der Waals surface area contributed by atoms with Gasteiger partial charge in [-0.15, -0.1) is 11.3 Å². The molecule has 1 aromatic heterocycles. The van der Waals surface area contributed by atoms with E-state index in [1.54, 1.807) is 5.38 Å². The van der Waals surface area contributed by atoms with E-state index < -0.39 is 0 Å². The number of aromatic nitrogens is 1. The van der Waals surface area contributed by atoms with Gasteiger partial charge in [-0.2, -0.15) is 5.26 Å². The summed E-state index contributed by atoms with van der Waals surface area (Å²) in [5.41, 5.74) is 2.41.